The highest BCUT2D eigenvalue weighted by Crippen LogP contribution is 2.25. The zero-order chi connectivity index (χ0) is 14.5. The molecule has 1 atom stereocenters. The van der Waals surface area contributed by atoms with Gasteiger partial charge in [-0.05, 0) is 17.7 Å². The maximum absolute atomic E-state index is 13.1. The number of hydrogen-bond acceptors (Lipinski definition) is 3. The molecule has 108 valence electrons. The number of aliphatic hydroxyl groups is 1. The molecule has 3 N–H and O–H groups in total. The van der Waals surface area contributed by atoms with Crippen molar-refractivity contribution < 1.29 is 22.7 Å². The van der Waals surface area contributed by atoms with Gasteiger partial charge in [0, 0.05) is 19.1 Å². The van der Waals surface area contributed by atoms with Crippen molar-refractivity contribution in [1.29, 1.82) is 0 Å². The lowest BCUT2D eigenvalue weighted by Gasteiger charge is -2.31. The van der Waals surface area contributed by atoms with Gasteiger partial charge in [0.05, 0.1) is 13.2 Å². The average molecular weight is 280 g/mol. The fourth-order valence-corrected chi connectivity index (χ4v) is 1.91. The molecule has 7 heteroatoms. The molecule has 19 heavy (non-hydrogen) atoms. The fraction of sp³-hybridized carbons (Fsp3) is 0.500. The van der Waals surface area contributed by atoms with Crippen molar-refractivity contribution in [2.24, 2.45) is 5.73 Å². The van der Waals surface area contributed by atoms with Crippen molar-refractivity contribution in [2.75, 3.05) is 26.2 Å². The van der Waals surface area contributed by atoms with Gasteiger partial charge in [-0.1, -0.05) is 12.1 Å². The van der Waals surface area contributed by atoms with Gasteiger partial charge in [-0.15, -0.1) is 0 Å². The number of alkyl halides is 3. The Kier molecular flexibility index (Phi) is 5.71. The van der Waals surface area contributed by atoms with Crippen LogP contribution in [0.2, 0.25) is 0 Å². The molecule has 1 aromatic rings. The molecule has 0 aromatic heterocycles. The smallest absolute Gasteiger partial charge is 0.395 e. The van der Waals surface area contributed by atoms with E-state index in [0.29, 0.717) is 5.56 Å². The van der Waals surface area contributed by atoms with E-state index in [9.17, 15) is 17.6 Å². The van der Waals surface area contributed by atoms with Gasteiger partial charge in [0.1, 0.15) is 5.82 Å². The first-order valence-electron chi connectivity index (χ1n) is 5.74. The number of nitrogens with two attached hydrogens (primary N) is 1. The summed E-state index contributed by atoms with van der Waals surface area (Å²) in [6, 6.07) is 4.50. The second-order valence-electron chi connectivity index (χ2n) is 4.12. The molecule has 0 saturated carbocycles. The minimum absolute atomic E-state index is 0.0977. The molecule has 1 unspecified atom stereocenters. The Morgan fingerprint density at radius 1 is 1.32 bits per heavy atom. The lowest BCUT2D eigenvalue weighted by molar-refractivity contribution is -0.151. The van der Waals surface area contributed by atoms with E-state index in [4.69, 9.17) is 10.8 Å². The van der Waals surface area contributed by atoms with E-state index < -0.39 is 31.2 Å². The molecule has 0 spiro atoms. The monoisotopic (exact) mass is 280 g/mol. The molecule has 0 radical (unpaired) electrons. The van der Waals surface area contributed by atoms with Gasteiger partial charge in [-0.3, -0.25) is 4.90 Å². The molecule has 0 heterocycles. The molecular weight excluding hydrogens is 264 g/mol. The molecule has 0 fully saturated rings. The third-order valence-corrected chi connectivity index (χ3v) is 2.67. The molecule has 0 bridgehead atoms. The number of benzene rings is 1. The number of halogens is 4. The molecule has 0 saturated heterocycles. The minimum Gasteiger partial charge on any atom is -0.395 e. The van der Waals surface area contributed by atoms with E-state index in [1.807, 2.05) is 0 Å². The van der Waals surface area contributed by atoms with Gasteiger partial charge in [0.15, 0.2) is 0 Å². The Morgan fingerprint density at radius 3 is 2.47 bits per heavy atom. The predicted molar refractivity (Wildman–Crippen MR) is 62.9 cm³/mol. The topological polar surface area (TPSA) is 49.5 Å². The summed E-state index contributed by atoms with van der Waals surface area (Å²) in [5.74, 6) is -0.535. The van der Waals surface area contributed by atoms with Crippen LogP contribution in [0.1, 0.15) is 11.6 Å². The minimum atomic E-state index is -4.41. The molecule has 3 nitrogen and oxygen atoms in total. The molecule has 1 rings (SSSR count). The van der Waals surface area contributed by atoms with Crippen molar-refractivity contribution in [3.63, 3.8) is 0 Å². The Morgan fingerprint density at radius 2 is 2.00 bits per heavy atom. The van der Waals surface area contributed by atoms with Crippen LogP contribution in [-0.2, 0) is 0 Å². The van der Waals surface area contributed by atoms with Gasteiger partial charge < -0.3 is 10.8 Å². The van der Waals surface area contributed by atoms with E-state index in [2.05, 4.69) is 0 Å². The number of nitrogens with zero attached hydrogens (tertiary/aromatic N) is 1. The van der Waals surface area contributed by atoms with Crippen molar-refractivity contribution in [3.05, 3.63) is 35.6 Å². The summed E-state index contributed by atoms with van der Waals surface area (Å²) in [6.07, 6.45) is -4.41. The quantitative estimate of drug-likeness (QED) is 0.780. The van der Waals surface area contributed by atoms with Gasteiger partial charge in [-0.2, -0.15) is 13.2 Å². The van der Waals surface area contributed by atoms with Crippen LogP contribution in [0.3, 0.4) is 0 Å². The van der Waals surface area contributed by atoms with Gasteiger partial charge in [-0.25, -0.2) is 4.39 Å². The van der Waals surface area contributed by atoms with E-state index >= 15 is 0 Å². The highest BCUT2D eigenvalue weighted by molar-refractivity contribution is 5.20. The zero-order valence-corrected chi connectivity index (χ0v) is 10.2. The van der Waals surface area contributed by atoms with E-state index in [1.165, 1.54) is 18.2 Å². The van der Waals surface area contributed by atoms with E-state index in [1.54, 1.807) is 0 Å². The summed E-state index contributed by atoms with van der Waals surface area (Å²) in [7, 11) is 0. The van der Waals surface area contributed by atoms with Gasteiger partial charge in [0.2, 0.25) is 0 Å². The first-order valence-corrected chi connectivity index (χ1v) is 5.74. The second kappa shape index (κ2) is 6.83. The largest absolute Gasteiger partial charge is 0.401 e. The van der Waals surface area contributed by atoms with E-state index in [0.717, 1.165) is 11.0 Å². The third-order valence-electron chi connectivity index (χ3n) is 2.67. The number of rotatable bonds is 6. The van der Waals surface area contributed by atoms with Crippen LogP contribution < -0.4 is 5.73 Å². The fourth-order valence-electron chi connectivity index (χ4n) is 1.91. The van der Waals surface area contributed by atoms with Crippen molar-refractivity contribution in [3.8, 4) is 0 Å². The summed E-state index contributed by atoms with van der Waals surface area (Å²) in [5.41, 5.74) is 5.85. The summed E-state index contributed by atoms with van der Waals surface area (Å²) < 4.78 is 50.6. The standard InChI is InChI=1S/C12H16F4N2O/c13-10-3-1-2-9(6-10)11(7-17)18(4-5-19)8-12(14,15)16/h1-3,6,11,19H,4-5,7-8,17H2. The molecule has 0 aliphatic carbocycles. The molecule has 0 aliphatic rings. The Balaban J connectivity index is 2.96. The maximum atomic E-state index is 13.1. The summed E-state index contributed by atoms with van der Waals surface area (Å²) >= 11 is 0. The maximum Gasteiger partial charge on any atom is 0.401 e. The molecular formula is C12H16F4N2O. The summed E-state index contributed by atoms with van der Waals surface area (Å²) in [5, 5.41) is 8.86. The van der Waals surface area contributed by atoms with E-state index in [-0.39, 0.29) is 13.1 Å². The van der Waals surface area contributed by atoms with Crippen LogP contribution in [0, 0.1) is 5.82 Å². The Hall–Kier alpha value is -1.18. The van der Waals surface area contributed by atoms with Crippen LogP contribution in [0.25, 0.3) is 0 Å². The average Bonchev–Trinajstić information content (AvgIpc) is 2.28. The third kappa shape index (κ3) is 5.14. The summed E-state index contributed by atoms with van der Waals surface area (Å²) in [4.78, 5) is 0.995. The lowest BCUT2D eigenvalue weighted by Crippen LogP contribution is -2.41. The van der Waals surface area contributed by atoms with Gasteiger partial charge in [0.25, 0.3) is 0 Å². The van der Waals surface area contributed by atoms with Crippen LogP contribution >= 0.6 is 0 Å². The first kappa shape index (κ1) is 15.9. The van der Waals surface area contributed by atoms with Crippen LogP contribution in [0.5, 0.6) is 0 Å². The summed E-state index contributed by atoms with van der Waals surface area (Å²) in [6.45, 7) is -1.91. The number of hydrogen-bond donors (Lipinski definition) is 2. The van der Waals surface area contributed by atoms with Crippen LogP contribution in [-0.4, -0.2) is 42.4 Å². The molecule has 0 aliphatic heterocycles. The highest BCUT2D eigenvalue weighted by Gasteiger charge is 2.33. The van der Waals surface area contributed by atoms with Crippen LogP contribution in [0.15, 0.2) is 24.3 Å². The highest BCUT2D eigenvalue weighted by atomic mass is 19.4. The lowest BCUT2D eigenvalue weighted by atomic mass is 10.0. The number of aliphatic hydroxyl groups excluding tert-OH is 1. The first-order chi connectivity index (χ1) is 8.87. The van der Waals surface area contributed by atoms with Gasteiger partial charge >= 0.3 is 6.18 Å². The zero-order valence-electron chi connectivity index (χ0n) is 10.2. The molecule has 1 aromatic carbocycles. The normalized spacial score (nSPS) is 13.8. The Bertz CT molecular complexity index is 398. The van der Waals surface area contributed by atoms with Crippen molar-refractivity contribution >= 4 is 0 Å². The van der Waals surface area contributed by atoms with Crippen molar-refractivity contribution in [2.45, 2.75) is 12.2 Å². The molecule has 0 amide bonds. The second-order valence-corrected chi connectivity index (χ2v) is 4.12. The van der Waals surface area contributed by atoms with Crippen LogP contribution in [0.4, 0.5) is 17.6 Å². The predicted octanol–water partition coefficient (Wildman–Crippen LogP) is 1.68. The Labute approximate surface area is 108 Å². The van der Waals surface area contributed by atoms with Crippen molar-refractivity contribution in [1.82, 2.24) is 4.90 Å². The SMILES string of the molecule is NCC(c1cccc(F)c1)N(CCO)CC(F)(F)F.